The highest BCUT2D eigenvalue weighted by Gasteiger charge is 2.22. The number of rotatable bonds is 5. The number of nitrogens with one attached hydrogen (secondary N) is 1. The topological polar surface area (TPSA) is 12.0 Å². The van der Waals surface area contributed by atoms with Crippen molar-refractivity contribution in [1.29, 1.82) is 0 Å². The summed E-state index contributed by atoms with van der Waals surface area (Å²) in [5, 5.41) is 3.76. The van der Waals surface area contributed by atoms with E-state index in [9.17, 15) is 0 Å². The van der Waals surface area contributed by atoms with Gasteiger partial charge in [-0.15, -0.1) is 0 Å². The van der Waals surface area contributed by atoms with Crippen LogP contribution in [0.2, 0.25) is 0 Å². The van der Waals surface area contributed by atoms with Crippen LogP contribution < -0.4 is 5.32 Å². The maximum atomic E-state index is 3.76. The Hall–Kier alpha value is -0.820. The molecule has 0 heterocycles. The second-order valence-electron chi connectivity index (χ2n) is 6.73. The fraction of sp³-hybridized carbons (Fsp3) is 0.667. The summed E-state index contributed by atoms with van der Waals surface area (Å²) in [5.41, 5.74) is 2.76. The number of hydrogen-bond acceptors (Lipinski definition) is 1. The maximum Gasteiger partial charge on any atom is 0.0208 e. The lowest BCUT2D eigenvalue weighted by Crippen LogP contribution is -2.34. The molecule has 0 amide bonds. The molecule has 2 unspecified atom stereocenters. The number of hydrogen-bond donors (Lipinski definition) is 1. The van der Waals surface area contributed by atoms with E-state index in [1.54, 1.807) is 0 Å². The van der Waals surface area contributed by atoms with Crippen LogP contribution in [0.4, 0.5) is 0 Å². The summed E-state index contributed by atoms with van der Waals surface area (Å²) in [7, 11) is 0. The second-order valence-corrected chi connectivity index (χ2v) is 6.73. The molecular formula is C18H29N. The standard InChI is InChI=1S/C18H29N/c1-14(2)11-17-5-4-6-18(12-17)19-13-16-9-7-15(3)8-10-16/h7-10,14,17-19H,4-6,11-13H2,1-3H3. The molecule has 2 rings (SSSR count). The number of aryl methyl sites for hydroxylation is 1. The maximum absolute atomic E-state index is 3.76. The SMILES string of the molecule is Cc1ccc(CNC2CCCC(CC(C)C)C2)cc1. The Kier molecular flexibility index (Phi) is 5.45. The zero-order valence-electron chi connectivity index (χ0n) is 12.8. The lowest BCUT2D eigenvalue weighted by molar-refractivity contribution is 0.252. The van der Waals surface area contributed by atoms with Crippen LogP contribution >= 0.6 is 0 Å². The van der Waals surface area contributed by atoms with Crippen molar-refractivity contribution in [1.82, 2.24) is 5.32 Å². The number of benzene rings is 1. The summed E-state index contributed by atoms with van der Waals surface area (Å²) in [6.07, 6.45) is 7.00. The first-order valence-corrected chi connectivity index (χ1v) is 7.92. The van der Waals surface area contributed by atoms with E-state index >= 15 is 0 Å². The molecule has 1 N–H and O–H groups in total. The van der Waals surface area contributed by atoms with Gasteiger partial charge in [0.05, 0.1) is 0 Å². The molecule has 0 spiro atoms. The van der Waals surface area contributed by atoms with Gasteiger partial charge in [-0.1, -0.05) is 56.5 Å². The van der Waals surface area contributed by atoms with E-state index in [0.29, 0.717) is 0 Å². The van der Waals surface area contributed by atoms with Crippen LogP contribution in [0.25, 0.3) is 0 Å². The minimum absolute atomic E-state index is 0.735. The minimum Gasteiger partial charge on any atom is -0.310 e. The zero-order chi connectivity index (χ0) is 13.7. The predicted molar refractivity (Wildman–Crippen MR) is 83.2 cm³/mol. The highest BCUT2D eigenvalue weighted by molar-refractivity contribution is 5.21. The second kappa shape index (κ2) is 7.09. The largest absolute Gasteiger partial charge is 0.310 e. The van der Waals surface area contributed by atoms with Crippen molar-refractivity contribution in [2.75, 3.05) is 0 Å². The summed E-state index contributed by atoms with van der Waals surface area (Å²) in [6.45, 7) is 7.88. The molecule has 106 valence electrons. The van der Waals surface area contributed by atoms with Gasteiger partial charge in [-0.3, -0.25) is 0 Å². The first kappa shape index (κ1) is 14.6. The third kappa shape index (κ3) is 4.99. The van der Waals surface area contributed by atoms with Crippen LogP contribution in [-0.2, 0) is 6.54 Å². The van der Waals surface area contributed by atoms with Crippen LogP contribution in [0.5, 0.6) is 0 Å². The molecule has 0 aliphatic heterocycles. The molecule has 1 nitrogen and oxygen atoms in total. The summed E-state index contributed by atoms with van der Waals surface area (Å²) >= 11 is 0. The van der Waals surface area contributed by atoms with Crippen molar-refractivity contribution in [3.05, 3.63) is 35.4 Å². The van der Waals surface area contributed by atoms with Crippen molar-refractivity contribution >= 4 is 0 Å². The van der Waals surface area contributed by atoms with E-state index in [2.05, 4.69) is 50.4 Å². The van der Waals surface area contributed by atoms with Crippen LogP contribution in [-0.4, -0.2) is 6.04 Å². The smallest absolute Gasteiger partial charge is 0.0208 e. The summed E-state index contributed by atoms with van der Waals surface area (Å²) < 4.78 is 0. The Balaban J connectivity index is 1.77. The summed E-state index contributed by atoms with van der Waals surface area (Å²) in [5.74, 6) is 1.80. The molecule has 1 heteroatoms. The van der Waals surface area contributed by atoms with Gasteiger partial charge in [0.15, 0.2) is 0 Å². The van der Waals surface area contributed by atoms with Crippen LogP contribution in [0, 0.1) is 18.8 Å². The Labute approximate surface area is 118 Å². The van der Waals surface area contributed by atoms with Gasteiger partial charge in [0.1, 0.15) is 0 Å². The van der Waals surface area contributed by atoms with Crippen LogP contribution in [0.3, 0.4) is 0 Å². The first-order chi connectivity index (χ1) is 9.13. The van der Waals surface area contributed by atoms with Crippen LogP contribution in [0.1, 0.15) is 57.1 Å². The van der Waals surface area contributed by atoms with Gasteiger partial charge in [-0.05, 0) is 43.6 Å². The van der Waals surface area contributed by atoms with Gasteiger partial charge in [0.2, 0.25) is 0 Å². The third-order valence-electron chi connectivity index (χ3n) is 4.30. The molecule has 0 radical (unpaired) electrons. The van der Waals surface area contributed by atoms with E-state index < -0.39 is 0 Å². The van der Waals surface area contributed by atoms with Crippen molar-refractivity contribution in [3.8, 4) is 0 Å². The van der Waals surface area contributed by atoms with E-state index in [0.717, 1.165) is 24.4 Å². The lowest BCUT2D eigenvalue weighted by atomic mass is 9.81. The van der Waals surface area contributed by atoms with E-state index in [4.69, 9.17) is 0 Å². The molecular weight excluding hydrogens is 230 g/mol. The van der Waals surface area contributed by atoms with Crippen molar-refractivity contribution in [2.45, 2.75) is 65.5 Å². The monoisotopic (exact) mass is 259 g/mol. The third-order valence-corrected chi connectivity index (χ3v) is 4.30. The molecule has 0 aromatic heterocycles. The lowest BCUT2D eigenvalue weighted by Gasteiger charge is -2.31. The van der Waals surface area contributed by atoms with Crippen molar-refractivity contribution in [2.24, 2.45) is 11.8 Å². The summed E-state index contributed by atoms with van der Waals surface area (Å²) in [6, 6.07) is 9.64. The molecule has 0 saturated heterocycles. The van der Waals surface area contributed by atoms with E-state index in [1.165, 1.54) is 43.2 Å². The highest BCUT2D eigenvalue weighted by atomic mass is 14.9. The predicted octanol–water partition coefficient (Wildman–Crippen LogP) is 4.69. The van der Waals surface area contributed by atoms with E-state index in [1.807, 2.05) is 0 Å². The Morgan fingerprint density at radius 1 is 1.16 bits per heavy atom. The van der Waals surface area contributed by atoms with Crippen molar-refractivity contribution in [3.63, 3.8) is 0 Å². The Morgan fingerprint density at radius 2 is 1.89 bits per heavy atom. The molecule has 1 fully saturated rings. The normalized spacial score (nSPS) is 23.8. The fourth-order valence-electron chi connectivity index (χ4n) is 3.33. The zero-order valence-corrected chi connectivity index (χ0v) is 12.8. The molecule has 1 saturated carbocycles. The molecule has 1 aliphatic carbocycles. The molecule has 1 aromatic carbocycles. The summed E-state index contributed by atoms with van der Waals surface area (Å²) in [4.78, 5) is 0. The fourth-order valence-corrected chi connectivity index (χ4v) is 3.33. The molecule has 1 aliphatic rings. The van der Waals surface area contributed by atoms with Crippen LogP contribution in [0.15, 0.2) is 24.3 Å². The highest BCUT2D eigenvalue weighted by Crippen LogP contribution is 2.29. The average Bonchev–Trinajstić information content (AvgIpc) is 2.38. The first-order valence-electron chi connectivity index (χ1n) is 7.92. The van der Waals surface area contributed by atoms with Gasteiger partial charge in [-0.25, -0.2) is 0 Å². The minimum atomic E-state index is 0.735. The molecule has 1 aromatic rings. The van der Waals surface area contributed by atoms with E-state index in [-0.39, 0.29) is 0 Å². The van der Waals surface area contributed by atoms with Gasteiger partial charge < -0.3 is 5.32 Å². The quantitative estimate of drug-likeness (QED) is 0.809. The Morgan fingerprint density at radius 3 is 2.58 bits per heavy atom. The Bertz CT molecular complexity index is 366. The van der Waals surface area contributed by atoms with Gasteiger partial charge in [0, 0.05) is 12.6 Å². The van der Waals surface area contributed by atoms with Gasteiger partial charge in [-0.2, -0.15) is 0 Å². The van der Waals surface area contributed by atoms with Gasteiger partial charge >= 0.3 is 0 Å². The molecule has 0 bridgehead atoms. The average molecular weight is 259 g/mol. The van der Waals surface area contributed by atoms with Gasteiger partial charge in [0.25, 0.3) is 0 Å². The van der Waals surface area contributed by atoms with Crippen molar-refractivity contribution < 1.29 is 0 Å². The molecule has 19 heavy (non-hydrogen) atoms. The molecule has 2 atom stereocenters.